The van der Waals surface area contributed by atoms with E-state index in [0.29, 0.717) is 5.92 Å². The van der Waals surface area contributed by atoms with Crippen molar-refractivity contribution in [3.63, 3.8) is 0 Å². The fourth-order valence-electron chi connectivity index (χ4n) is 2.79. The van der Waals surface area contributed by atoms with E-state index < -0.39 is 0 Å². The van der Waals surface area contributed by atoms with E-state index in [1.807, 2.05) is 20.2 Å². The van der Waals surface area contributed by atoms with E-state index in [2.05, 4.69) is 5.10 Å². The minimum Gasteiger partial charge on any atom is -0.388 e. The van der Waals surface area contributed by atoms with Crippen LogP contribution in [0, 0.1) is 12.8 Å². The molecule has 1 aromatic rings. The Kier molecular flexibility index (Phi) is 3.64. The molecular formula is C13H22N2O. The maximum atomic E-state index is 10.4. The van der Waals surface area contributed by atoms with E-state index in [1.165, 1.54) is 25.7 Å². The minimum atomic E-state index is -0.313. The molecule has 0 amide bonds. The zero-order chi connectivity index (χ0) is 11.5. The summed E-state index contributed by atoms with van der Waals surface area (Å²) >= 11 is 0. The summed E-state index contributed by atoms with van der Waals surface area (Å²) in [7, 11) is 1.91. The third-order valence-corrected chi connectivity index (χ3v) is 3.72. The third kappa shape index (κ3) is 2.46. The van der Waals surface area contributed by atoms with Crippen molar-refractivity contribution >= 4 is 0 Å². The zero-order valence-electron chi connectivity index (χ0n) is 10.3. The Labute approximate surface area is 97.5 Å². The van der Waals surface area contributed by atoms with Crippen LogP contribution >= 0.6 is 0 Å². The Morgan fingerprint density at radius 1 is 1.31 bits per heavy atom. The van der Waals surface area contributed by atoms with Gasteiger partial charge in [0.25, 0.3) is 0 Å². The lowest BCUT2D eigenvalue weighted by Gasteiger charge is -2.20. The lowest BCUT2D eigenvalue weighted by Crippen LogP contribution is -2.12. The molecular weight excluding hydrogens is 200 g/mol. The average Bonchev–Trinajstić information content (AvgIpc) is 2.49. The topological polar surface area (TPSA) is 38.0 Å². The lowest BCUT2D eigenvalue weighted by atomic mass is 9.90. The Bertz CT molecular complexity index is 338. The van der Waals surface area contributed by atoms with Crippen LogP contribution in [0.3, 0.4) is 0 Å². The van der Waals surface area contributed by atoms with Gasteiger partial charge < -0.3 is 5.11 Å². The predicted octanol–water partition coefficient (Wildman–Crippen LogP) is 2.73. The fraction of sp³-hybridized carbons (Fsp3) is 0.769. The fourth-order valence-corrected chi connectivity index (χ4v) is 2.79. The Morgan fingerprint density at radius 2 is 1.94 bits per heavy atom. The van der Waals surface area contributed by atoms with Gasteiger partial charge in [0.1, 0.15) is 0 Å². The van der Waals surface area contributed by atoms with Crippen LogP contribution in [0.25, 0.3) is 0 Å². The highest BCUT2D eigenvalue weighted by molar-refractivity contribution is 5.19. The standard InChI is InChI=1S/C13H22N2O/c1-10-12(9-15(2)14-10)13(16)11-7-5-3-4-6-8-11/h9,11,13,16H,3-8H2,1-2H3. The normalized spacial score (nSPS) is 20.7. The number of rotatable bonds is 2. The summed E-state index contributed by atoms with van der Waals surface area (Å²) in [6.07, 6.45) is 9.16. The molecule has 0 aliphatic heterocycles. The molecule has 1 aromatic heterocycles. The van der Waals surface area contributed by atoms with Crippen molar-refractivity contribution in [3.05, 3.63) is 17.5 Å². The number of aliphatic hydroxyl groups is 1. The lowest BCUT2D eigenvalue weighted by molar-refractivity contribution is 0.0981. The Balaban J connectivity index is 2.10. The van der Waals surface area contributed by atoms with Gasteiger partial charge in [0, 0.05) is 18.8 Å². The molecule has 1 saturated carbocycles. The molecule has 0 aromatic carbocycles. The van der Waals surface area contributed by atoms with Crippen molar-refractivity contribution in [1.29, 1.82) is 0 Å². The summed E-state index contributed by atoms with van der Waals surface area (Å²) in [5.41, 5.74) is 1.99. The average molecular weight is 222 g/mol. The first kappa shape index (κ1) is 11.6. The highest BCUT2D eigenvalue weighted by Gasteiger charge is 2.24. The maximum absolute atomic E-state index is 10.4. The number of nitrogens with zero attached hydrogens (tertiary/aromatic N) is 2. The van der Waals surface area contributed by atoms with Crippen molar-refractivity contribution in [3.8, 4) is 0 Å². The maximum Gasteiger partial charge on any atom is 0.0851 e. The Morgan fingerprint density at radius 3 is 2.44 bits per heavy atom. The van der Waals surface area contributed by atoms with Gasteiger partial charge in [0.2, 0.25) is 0 Å². The molecule has 0 spiro atoms. The van der Waals surface area contributed by atoms with Gasteiger partial charge in [-0.1, -0.05) is 25.7 Å². The first-order valence-corrected chi connectivity index (χ1v) is 6.36. The van der Waals surface area contributed by atoms with Gasteiger partial charge in [-0.25, -0.2) is 0 Å². The smallest absolute Gasteiger partial charge is 0.0851 e. The first-order chi connectivity index (χ1) is 7.68. The number of aromatic nitrogens is 2. The minimum absolute atomic E-state index is 0.313. The van der Waals surface area contributed by atoms with E-state index >= 15 is 0 Å². The molecule has 90 valence electrons. The summed E-state index contributed by atoms with van der Waals surface area (Å²) in [6.45, 7) is 1.98. The largest absolute Gasteiger partial charge is 0.388 e. The first-order valence-electron chi connectivity index (χ1n) is 6.36. The van der Waals surface area contributed by atoms with Gasteiger partial charge in [-0.3, -0.25) is 4.68 Å². The van der Waals surface area contributed by atoms with Crippen molar-refractivity contribution in [2.75, 3.05) is 0 Å². The molecule has 1 heterocycles. The molecule has 1 N–H and O–H groups in total. The zero-order valence-corrected chi connectivity index (χ0v) is 10.3. The highest BCUT2D eigenvalue weighted by atomic mass is 16.3. The second-order valence-corrected chi connectivity index (χ2v) is 5.04. The quantitative estimate of drug-likeness (QED) is 0.781. The van der Waals surface area contributed by atoms with Crippen LogP contribution in [-0.2, 0) is 7.05 Å². The predicted molar refractivity (Wildman–Crippen MR) is 64.1 cm³/mol. The van der Waals surface area contributed by atoms with Crippen molar-refractivity contribution in [2.45, 2.75) is 51.6 Å². The molecule has 0 saturated heterocycles. The second-order valence-electron chi connectivity index (χ2n) is 5.04. The van der Waals surface area contributed by atoms with Crippen LogP contribution in [0.5, 0.6) is 0 Å². The molecule has 3 nitrogen and oxygen atoms in total. The summed E-state index contributed by atoms with van der Waals surface area (Å²) < 4.78 is 1.80. The summed E-state index contributed by atoms with van der Waals surface area (Å²) in [6, 6.07) is 0. The molecule has 16 heavy (non-hydrogen) atoms. The second kappa shape index (κ2) is 5.00. The molecule has 2 rings (SSSR count). The van der Waals surface area contributed by atoms with E-state index in [4.69, 9.17) is 0 Å². The van der Waals surface area contributed by atoms with Crippen LogP contribution in [-0.4, -0.2) is 14.9 Å². The van der Waals surface area contributed by atoms with Crippen LogP contribution in [0.2, 0.25) is 0 Å². The molecule has 0 radical (unpaired) electrons. The highest BCUT2D eigenvalue weighted by Crippen LogP contribution is 2.34. The van der Waals surface area contributed by atoms with Gasteiger partial charge >= 0.3 is 0 Å². The molecule has 0 bridgehead atoms. The molecule has 1 fully saturated rings. The molecule has 3 heteroatoms. The summed E-state index contributed by atoms with van der Waals surface area (Å²) in [4.78, 5) is 0. The number of hydrogen-bond donors (Lipinski definition) is 1. The monoisotopic (exact) mass is 222 g/mol. The van der Waals surface area contributed by atoms with E-state index in [-0.39, 0.29) is 6.10 Å². The SMILES string of the molecule is Cc1nn(C)cc1C(O)C1CCCCCC1. The van der Waals surface area contributed by atoms with Gasteiger partial charge in [0.05, 0.1) is 11.8 Å². The molecule has 1 unspecified atom stereocenters. The van der Waals surface area contributed by atoms with Gasteiger partial charge in [0.15, 0.2) is 0 Å². The summed E-state index contributed by atoms with van der Waals surface area (Å²) in [5.74, 6) is 0.436. The molecule has 1 aliphatic rings. The number of aliphatic hydroxyl groups excluding tert-OH is 1. The van der Waals surface area contributed by atoms with E-state index in [1.54, 1.807) is 4.68 Å². The molecule has 1 atom stereocenters. The van der Waals surface area contributed by atoms with Gasteiger partial charge in [-0.05, 0) is 25.7 Å². The Hall–Kier alpha value is -0.830. The van der Waals surface area contributed by atoms with Crippen molar-refractivity contribution in [2.24, 2.45) is 13.0 Å². The van der Waals surface area contributed by atoms with Crippen molar-refractivity contribution < 1.29 is 5.11 Å². The van der Waals surface area contributed by atoms with E-state index in [0.717, 1.165) is 24.1 Å². The van der Waals surface area contributed by atoms with Crippen LogP contribution in [0.15, 0.2) is 6.20 Å². The number of aryl methyl sites for hydroxylation is 2. The van der Waals surface area contributed by atoms with Crippen LogP contribution < -0.4 is 0 Å². The third-order valence-electron chi connectivity index (χ3n) is 3.72. The summed E-state index contributed by atoms with van der Waals surface area (Å²) in [5, 5.41) is 14.7. The molecule has 1 aliphatic carbocycles. The van der Waals surface area contributed by atoms with Crippen LogP contribution in [0.4, 0.5) is 0 Å². The van der Waals surface area contributed by atoms with Gasteiger partial charge in [-0.2, -0.15) is 5.10 Å². The number of hydrogen-bond acceptors (Lipinski definition) is 2. The van der Waals surface area contributed by atoms with Crippen LogP contribution in [0.1, 0.15) is 55.9 Å². The van der Waals surface area contributed by atoms with E-state index in [9.17, 15) is 5.11 Å². The van der Waals surface area contributed by atoms with Crippen molar-refractivity contribution in [1.82, 2.24) is 9.78 Å². The van der Waals surface area contributed by atoms with Gasteiger partial charge in [-0.15, -0.1) is 0 Å².